The van der Waals surface area contributed by atoms with Crippen LogP contribution >= 0.6 is 46.4 Å². The van der Waals surface area contributed by atoms with Gasteiger partial charge in [-0.1, -0.05) is 82.8 Å². The summed E-state index contributed by atoms with van der Waals surface area (Å²) in [7, 11) is 0. The summed E-state index contributed by atoms with van der Waals surface area (Å²) in [5, 5.41) is 8.20. The molecule has 11 heteroatoms. The van der Waals surface area contributed by atoms with E-state index in [4.69, 9.17) is 55.6 Å². The summed E-state index contributed by atoms with van der Waals surface area (Å²) in [6.45, 7) is 1.55. The van der Waals surface area contributed by atoms with Gasteiger partial charge >= 0.3 is 0 Å². The molecule has 206 valence electrons. The molecule has 2 amide bonds. The van der Waals surface area contributed by atoms with Crippen molar-refractivity contribution in [2.24, 2.45) is 5.10 Å². The molecule has 4 rings (SSSR count). The smallest absolute Gasteiger partial charge is 0.262 e. The van der Waals surface area contributed by atoms with E-state index in [2.05, 4.69) is 15.8 Å². The molecular weight excluding hydrogens is 596 g/mol. The normalized spacial score (nSPS) is 12.6. The lowest BCUT2D eigenvalue weighted by molar-refractivity contribution is -0.132. The van der Waals surface area contributed by atoms with E-state index in [0.29, 0.717) is 37.9 Å². The van der Waals surface area contributed by atoms with E-state index in [0.717, 1.165) is 5.56 Å². The van der Waals surface area contributed by atoms with E-state index < -0.39 is 24.0 Å². The van der Waals surface area contributed by atoms with E-state index in [1.165, 1.54) is 12.3 Å². The Labute approximate surface area is 251 Å². The zero-order chi connectivity index (χ0) is 28.6. The molecule has 3 aromatic carbocycles. The number of ether oxygens (including phenoxy) is 1. The first-order valence-corrected chi connectivity index (χ1v) is 13.6. The molecule has 40 heavy (non-hydrogen) atoms. The van der Waals surface area contributed by atoms with Crippen LogP contribution in [0.4, 0.5) is 0 Å². The highest BCUT2D eigenvalue weighted by atomic mass is 35.5. The van der Waals surface area contributed by atoms with Crippen molar-refractivity contribution in [1.29, 1.82) is 0 Å². The van der Waals surface area contributed by atoms with Gasteiger partial charge in [-0.05, 0) is 55.0 Å². The Hall–Kier alpha value is -3.49. The second kappa shape index (κ2) is 13.7. The van der Waals surface area contributed by atoms with Crippen LogP contribution in [0.5, 0.6) is 5.75 Å². The average Bonchev–Trinajstić information content (AvgIpc) is 3.40. The zero-order valence-electron chi connectivity index (χ0n) is 21.0. The number of carbonyl (C=O) groups excluding carboxylic acids is 2. The molecule has 0 aliphatic rings. The van der Waals surface area contributed by atoms with Crippen LogP contribution in [0.15, 0.2) is 88.4 Å². The highest BCUT2D eigenvalue weighted by Gasteiger charge is 2.25. The topological polar surface area (TPSA) is 92.9 Å². The van der Waals surface area contributed by atoms with Gasteiger partial charge in [-0.2, -0.15) is 5.10 Å². The molecule has 4 aromatic rings. The highest BCUT2D eigenvalue weighted by molar-refractivity contribution is 6.43. The number of halogens is 4. The first kappa shape index (κ1) is 29.5. The van der Waals surface area contributed by atoms with Gasteiger partial charge in [0.05, 0.1) is 21.3 Å². The number of furan rings is 1. The quantitative estimate of drug-likeness (QED) is 0.145. The van der Waals surface area contributed by atoms with Gasteiger partial charge in [0.25, 0.3) is 11.8 Å². The minimum atomic E-state index is -0.951. The number of carbonyl (C=O) groups is 2. The van der Waals surface area contributed by atoms with Crippen LogP contribution in [0.3, 0.4) is 0 Å². The number of rotatable bonds is 10. The second-order valence-electron chi connectivity index (χ2n) is 8.62. The van der Waals surface area contributed by atoms with E-state index in [9.17, 15) is 9.59 Å². The fourth-order valence-electron chi connectivity index (χ4n) is 3.66. The summed E-state index contributed by atoms with van der Waals surface area (Å²) in [4.78, 5) is 26.0. The Morgan fingerprint density at radius 2 is 1.70 bits per heavy atom. The summed E-state index contributed by atoms with van der Waals surface area (Å²) in [5.41, 5.74) is 3.93. The number of hydrogen-bond acceptors (Lipinski definition) is 5. The predicted octanol–water partition coefficient (Wildman–Crippen LogP) is 7.21. The van der Waals surface area contributed by atoms with Crippen molar-refractivity contribution < 1.29 is 18.7 Å². The lowest BCUT2D eigenvalue weighted by Crippen LogP contribution is -2.50. The monoisotopic (exact) mass is 617 g/mol. The number of nitrogens with one attached hydrogen (secondary N) is 2. The Kier molecular flexibility index (Phi) is 10.1. The number of hydrazone groups is 1. The van der Waals surface area contributed by atoms with Crippen molar-refractivity contribution in [1.82, 2.24) is 10.7 Å². The van der Waals surface area contributed by atoms with Gasteiger partial charge in [0.15, 0.2) is 6.10 Å². The first-order valence-electron chi connectivity index (χ1n) is 12.0. The third-order valence-corrected chi connectivity index (χ3v) is 7.04. The molecule has 0 unspecified atom stereocenters. The SMILES string of the molecule is C[C@H](Oc1ccc(Cl)cc1Cl)C(=O)N[C@H](Cc1ccccc1)C(=O)N/N=C\c1ccc(-c2cccc(Cl)c2Cl)o1. The summed E-state index contributed by atoms with van der Waals surface area (Å²) in [5.74, 6) is 0.107. The molecule has 7 nitrogen and oxygen atoms in total. The molecule has 0 fully saturated rings. The average molecular weight is 619 g/mol. The maximum atomic E-state index is 13.1. The fraction of sp³-hybridized carbons (Fsp3) is 0.138. The third-order valence-electron chi connectivity index (χ3n) is 5.69. The van der Waals surface area contributed by atoms with E-state index in [-0.39, 0.29) is 11.4 Å². The molecule has 0 saturated heterocycles. The third kappa shape index (κ3) is 7.79. The van der Waals surface area contributed by atoms with Crippen LogP contribution in [0, 0.1) is 0 Å². The van der Waals surface area contributed by atoms with Crippen LogP contribution in [-0.4, -0.2) is 30.2 Å². The standard InChI is InChI=1S/C29H23Cl4N3O4/c1-17(39-26-12-10-19(30)15-23(26)32)28(37)35-24(14-18-6-3-2-4-7-18)29(38)36-34-16-20-11-13-25(40-20)21-8-5-9-22(31)27(21)33/h2-13,15-17,24H,14H2,1H3,(H,35,37)(H,36,38)/b34-16-/t17-,24+/m0/s1. The number of benzene rings is 3. The Bertz CT molecular complexity index is 1520. The molecule has 0 aliphatic carbocycles. The Morgan fingerprint density at radius 3 is 2.45 bits per heavy atom. The minimum Gasteiger partial charge on any atom is -0.479 e. The minimum absolute atomic E-state index is 0.223. The van der Waals surface area contributed by atoms with Gasteiger partial charge in [-0.3, -0.25) is 9.59 Å². The molecular formula is C29H23Cl4N3O4. The first-order chi connectivity index (χ1) is 19.2. The maximum Gasteiger partial charge on any atom is 0.262 e. The van der Waals surface area contributed by atoms with Crippen LogP contribution in [0.2, 0.25) is 20.1 Å². The Morgan fingerprint density at radius 1 is 0.925 bits per heavy atom. The highest BCUT2D eigenvalue weighted by Crippen LogP contribution is 2.34. The van der Waals surface area contributed by atoms with Crippen molar-refractivity contribution in [3.8, 4) is 17.1 Å². The van der Waals surface area contributed by atoms with E-state index >= 15 is 0 Å². The molecule has 0 spiro atoms. The zero-order valence-corrected chi connectivity index (χ0v) is 24.1. The molecule has 0 radical (unpaired) electrons. The summed E-state index contributed by atoms with van der Waals surface area (Å²) >= 11 is 24.4. The molecule has 2 atom stereocenters. The molecule has 0 aliphatic heterocycles. The fourth-order valence-corrected chi connectivity index (χ4v) is 4.51. The largest absolute Gasteiger partial charge is 0.479 e. The van der Waals surface area contributed by atoms with Crippen molar-refractivity contribution in [3.63, 3.8) is 0 Å². The summed E-state index contributed by atoms with van der Waals surface area (Å²) in [6, 6.07) is 21.6. The molecule has 0 saturated carbocycles. The molecule has 0 bridgehead atoms. The van der Waals surface area contributed by atoms with Crippen molar-refractivity contribution >= 4 is 64.4 Å². The number of hydrogen-bond donors (Lipinski definition) is 2. The van der Waals surface area contributed by atoms with Gasteiger partial charge in [-0.15, -0.1) is 0 Å². The van der Waals surface area contributed by atoms with E-state index in [1.807, 2.05) is 30.3 Å². The van der Waals surface area contributed by atoms with Crippen molar-refractivity contribution in [2.75, 3.05) is 0 Å². The van der Waals surface area contributed by atoms with Crippen LogP contribution < -0.4 is 15.5 Å². The van der Waals surface area contributed by atoms with Gasteiger partial charge in [0.2, 0.25) is 0 Å². The molecule has 1 heterocycles. The van der Waals surface area contributed by atoms with Gasteiger partial charge in [0.1, 0.15) is 23.3 Å². The van der Waals surface area contributed by atoms with Gasteiger partial charge in [0, 0.05) is 17.0 Å². The van der Waals surface area contributed by atoms with E-state index in [1.54, 1.807) is 49.4 Å². The maximum absolute atomic E-state index is 13.1. The summed E-state index contributed by atoms with van der Waals surface area (Å²) < 4.78 is 11.5. The van der Waals surface area contributed by atoms with Crippen molar-refractivity contribution in [2.45, 2.75) is 25.5 Å². The van der Waals surface area contributed by atoms with Crippen LogP contribution in [0.25, 0.3) is 11.3 Å². The summed E-state index contributed by atoms with van der Waals surface area (Å²) in [6.07, 6.45) is 0.615. The molecule has 2 N–H and O–H groups in total. The van der Waals surface area contributed by atoms with Gasteiger partial charge in [-0.25, -0.2) is 5.43 Å². The van der Waals surface area contributed by atoms with Gasteiger partial charge < -0.3 is 14.5 Å². The van der Waals surface area contributed by atoms with Crippen LogP contribution in [-0.2, 0) is 16.0 Å². The lowest BCUT2D eigenvalue weighted by Gasteiger charge is -2.21. The molecule has 1 aromatic heterocycles. The lowest BCUT2D eigenvalue weighted by atomic mass is 10.1. The van der Waals surface area contributed by atoms with Crippen LogP contribution in [0.1, 0.15) is 18.2 Å². The second-order valence-corrected chi connectivity index (χ2v) is 10.3. The number of nitrogens with zero attached hydrogens (tertiary/aromatic N) is 1. The van der Waals surface area contributed by atoms with Crippen molar-refractivity contribution in [3.05, 3.63) is 110 Å². The Balaban J connectivity index is 1.43. The predicted molar refractivity (Wildman–Crippen MR) is 159 cm³/mol. The number of amides is 2.